The lowest BCUT2D eigenvalue weighted by Crippen LogP contribution is -2.43. The van der Waals surface area contributed by atoms with Crippen molar-refractivity contribution in [1.82, 2.24) is 20.0 Å². The van der Waals surface area contributed by atoms with E-state index in [-0.39, 0.29) is 11.9 Å². The number of hydrogen-bond acceptors (Lipinski definition) is 4. The first kappa shape index (κ1) is 19.4. The summed E-state index contributed by atoms with van der Waals surface area (Å²) < 4.78 is 7.28. The van der Waals surface area contributed by atoms with Crippen LogP contribution in [0.2, 0.25) is 0 Å². The zero-order valence-corrected chi connectivity index (χ0v) is 16.6. The van der Waals surface area contributed by atoms with E-state index in [9.17, 15) is 4.79 Å². The van der Waals surface area contributed by atoms with Crippen LogP contribution >= 0.6 is 0 Å². The van der Waals surface area contributed by atoms with Crippen molar-refractivity contribution in [3.63, 3.8) is 0 Å². The maximum atomic E-state index is 12.9. The molecule has 1 aromatic heterocycles. The monoisotopic (exact) mass is 390 g/mol. The molecule has 0 bridgehead atoms. The van der Waals surface area contributed by atoms with Gasteiger partial charge in [-0.2, -0.15) is 5.10 Å². The molecule has 1 aliphatic heterocycles. The Hall–Kier alpha value is -2.96. The fourth-order valence-corrected chi connectivity index (χ4v) is 3.66. The second-order valence-electron chi connectivity index (χ2n) is 7.24. The SMILES string of the molecule is Cc1ccn(-c2cccc(C(=O)NCC(c3ccccc3)N3CCOCC3)c2)n1. The van der Waals surface area contributed by atoms with Gasteiger partial charge in [0.15, 0.2) is 0 Å². The molecular formula is C23H26N4O2. The van der Waals surface area contributed by atoms with Gasteiger partial charge >= 0.3 is 0 Å². The van der Waals surface area contributed by atoms with Crippen LogP contribution < -0.4 is 5.32 Å². The van der Waals surface area contributed by atoms with Crippen LogP contribution in [0.5, 0.6) is 0 Å². The van der Waals surface area contributed by atoms with Crippen LogP contribution in [-0.4, -0.2) is 53.4 Å². The number of ether oxygens (including phenoxy) is 1. The average Bonchev–Trinajstić information content (AvgIpc) is 3.22. The van der Waals surface area contributed by atoms with Crippen molar-refractivity contribution >= 4 is 5.91 Å². The number of carbonyl (C=O) groups excluding carboxylic acids is 1. The number of benzene rings is 2. The van der Waals surface area contributed by atoms with Crippen LogP contribution in [0.15, 0.2) is 66.9 Å². The van der Waals surface area contributed by atoms with Gasteiger partial charge in [-0.25, -0.2) is 4.68 Å². The number of nitrogens with zero attached hydrogens (tertiary/aromatic N) is 3. The third-order valence-corrected chi connectivity index (χ3v) is 5.22. The van der Waals surface area contributed by atoms with Crippen molar-refractivity contribution in [3.05, 3.63) is 83.7 Å². The second kappa shape index (κ2) is 9.03. The minimum absolute atomic E-state index is 0.0788. The van der Waals surface area contributed by atoms with Gasteiger partial charge in [-0.1, -0.05) is 36.4 Å². The molecule has 1 N–H and O–H groups in total. The molecule has 150 valence electrons. The molecule has 29 heavy (non-hydrogen) atoms. The minimum Gasteiger partial charge on any atom is -0.379 e. The van der Waals surface area contributed by atoms with Crippen molar-refractivity contribution in [3.8, 4) is 5.69 Å². The molecule has 0 aliphatic carbocycles. The Kier molecular flexibility index (Phi) is 6.03. The van der Waals surface area contributed by atoms with Crippen molar-refractivity contribution in [2.24, 2.45) is 0 Å². The molecular weight excluding hydrogens is 364 g/mol. The Morgan fingerprint density at radius 3 is 2.62 bits per heavy atom. The van der Waals surface area contributed by atoms with Crippen LogP contribution in [0.3, 0.4) is 0 Å². The summed E-state index contributed by atoms with van der Waals surface area (Å²) in [5.41, 5.74) is 3.65. The van der Waals surface area contributed by atoms with Gasteiger partial charge in [0, 0.05) is 31.4 Å². The molecule has 0 radical (unpaired) electrons. The average molecular weight is 390 g/mol. The number of aromatic nitrogens is 2. The summed E-state index contributed by atoms with van der Waals surface area (Å²) in [6, 6.07) is 19.9. The number of hydrogen-bond donors (Lipinski definition) is 1. The number of carbonyl (C=O) groups is 1. The zero-order valence-electron chi connectivity index (χ0n) is 16.6. The lowest BCUT2D eigenvalue weighted by atomic mass is 10.0. The van der Waals surface area contributed by atoms with Crippen molar-refractivity contribution in [2.75, 3.05) is 32.8 Å². The topological polar surface area (TPSA) is 59.4 Å². The summed E-state index contributed by atoms with van der Waals surface area (Å²) in [5.74, 6) is -0.0788. The van der Waals surface area contributed by atoms with E-state index in [1.807, 2.05) is 61.7 Å². The molecule has 2 aromatic carbocycles. The van der Waals surface area contributed by atoms with E-state index >= 15 is 0 Å². The van der Waals surface area contributed by atoms with E-state index in [2.05, 4.69) is 27.4 Å². The van der Waals surface area contributed by atoms with E-state index < -0.39 is 0 Å². The Bertz CT molecular complexity index is 948. The molecule has 1 unspecified atom stereocenters. The molecule has 1 fully saturated rings. The fourth-order valence-electron chi connectivity index (χ4n) is 3.66. The summed E-state index contributed by atoms with van der Waals surface area (Å²) in [6.07, 6.45) is 1.90. The van der Waals surface area contributed by atoms with Crippen molar-refractivity contribution in [1.29, 1.82) is 0 Å². The lowest BCUT2D eigenvalue weighted by Gasteiger charge is -2.35. The summed E-state index contributed by atoms with van der Waals surface area (Å²) in [7, 11) is 0. The van der Waals surface area contributed by atoms with E-state index in [0.717, 1.165) is 37.7 Å². The third-order valence-electron chi connectivity index (χ3n) is 5.22. The molecule has 3 aromatic rings. The van der Waals surface area contributed by atoms with Crippen LogP contribution in [-0.2, 0) is 4.74 Å². The highest BCUT2D eigenvalue weighted by atomic mass is 16.5. The molecule has 1 aliphatic rings. The van der Waals surface area contributed by atoms with Crippen LogP contribution in [0.1, 0.15) is 27.7 Å². The normalized spacial score (nSPS) is 15.8. The Morgan fingerprint density at radius 2 is 1.90 bits per heavy atom. The van der Waals surface area contributed by atoms with Gasteiger partial charge < -0.3 is 10.1 Å². The van der Waals surface area contributed by atoms with E-state index in [1.165, 1.54) is 5.56 Å². The minimum atomic E-state index is -0.0788. The number of morpholine rings is 1. The van der Waals surface area contributed by atoms with Gasteiger partial charge in [-0.3, -0.25) is 9.69 Å². The quantitative estimate of drug-likeness (QED) is 0.703. The maximum absolute atomic E-state index is 12.9. The summed E-state index contributed by atoms with van der Waals surface area (Å²) in [5, 5.41) is 7.55. The summed E-state index contributed by atoms with van der Waals surface area (Å²) in [4.78, 5) is 15.2. The molecule has 1 saturated heterocycles. The Balaban J connectivity index is 1.48. The van der Waals surface area contributed by atoms with Gasteiger partial charge in [0.05, 0.1) is 30.6 Å². The third kappa shape index (κ3) is 4.72. The first-order chi connectivity index (χ1) is 14.2. The molecule has 1 atom stereocenters. The van der Waals surface area contributed by atoms with E-state index in [0.29, 0.717) is 12.1 Å². The summed E-state index contributed by atoms with van der Waals surface area (Å²) in [6.45, 7) is 5.68. The predicted molar refractivity (Wildman–Crippen MR) is 112 cm³/mol. The van der Waals surface area contributed by atoms with Gasteiger partial charge in [0.2, 0.25) is 0 Å². The first-order valence-corrected chi connectivity index (χ1v) is 9.98. The molecule has 6 heteroatoms. The fraction of sp³-hybridized carbons (Fsp3) is 0.304. The van der Waals surface area contributed by atoms with Gasteiger partial charge in [-0.15, -0.1) is 0 Å². The molecule has 1 amide bonds. The highest BCUT2D eigenvalue weighted by Gasteiger charge is 2.23. The molecule has 0 saturated carbocycles. The standard InChI is InChI=1S/C23H26N4O2/c1-18-10-11-27(25-18)21-9-5-8-20(16-21)23(28)24-17-22(19-6-3-2-4-7-19)26-12-14-29-15-13-26/h2-11,16,22H,12-15,17H2,1H3,(H,24,28). The highest BCUT2D eigenvalue weighted by Crippen LogP contribution is 2.21. The van der Waals surface area contributed by atoms with E-state index in [4.69, 9.17) is 4.74 Å². The predicted octanol–water partition coefficient (Wildman–Crippen LogP) is 2.98. The Morgan fingerprint density at radius 1 is 1.10 bits per heavy atom. The smallest absolute Gasteiger partial charge is 0.251 e. The molecule has 0 spiro atoms. The first-order valence-electron chi connectivity index (χ1n) is 9.98. The van der Waals surface area contributed by atoms with Crippen LogP contribution in [0.4, 0.5) is 0 Å². The number of nitrogens with one attached hydrogen (secondary N) is 1. The van der Waals surface area contributed by atoms with Crippen molar-refractivity contribution < 1.29 is 9.53 Å². The Labute approximate surface area is 171 Å². The zero-order chi connectivity index (χ0) is 20.1. The molecule has 4 rings (SSSR count). The number of amides is 1. The molecule has 2 heterocycles. The lowest BCUT2D eigenvalue weighted by molar-refractivity contribution is 0.0162. The largest absolute Gasteiger partial charge is 0.379 e. The maximum Gasteiger partial charge on any atom is 0.251 e. The molecule has 6 nitrogen and oxygen atoms in total. The van der Waals surface area contributed by atoms with Crippen LogP contribution in [0, 0.1) is 6.92 Å². The van der Waals surface area contributed by atoms with Gasteiger partial charge in [0.25, 0.3) is 5.91 Å². The second-order valence-corrected chi connectivity index (χ2v) is 7.24. The van der Waals surface area contributed by atoms with Crippen LogP contribution in [0.25, 0.3) is 5.69 Å². The van der Waals surface area contributed by atoms with Crippen molar-refractivity contribution in [2.45, 2.75) is 13.0 Å². The number of rotatable bonds is 6. The van der Waals surface area contributed by atoms with Gasteiger partial charge in [0.1, 0.15) is 0 Å². The van der Waals surface area contributed by atoms with E-state index in [1.54, 1.807) is 4.68 Å². The summed E-state index contributed by atoms with van der Waals surface area (Å²) >= 11 is 0. The van der Waals surface area contributed by atoms with Gasteiger partial charge in [-0.05, 0) is 36.8 Å². The highest BCUT2D eigenvalue weighted by molar-refractivity contribution is 5.94. The number of aryl methyl sites for hydroxylation is 1.